The number of hydrogen-bond acceptors (Lipinski definition) is 2. The molecule has 1 aliphatic heterocycles. The zero-order valence-corrected chi connectivity index (χ0v) is 13.7. The van der Waals surface area contributed by atoms with Crippen LogP contribution in [0.25, 0.3) is 0 Å². The Morgan fingerprint density at radius 3 is 2.91 bits per heavy atom. The molecule has 0 amide bonds. The zero-order valence-electron chi connectivity index (χ0n) is 13.7. The number of benzene rings is 1. The summed E-state index contributed by atoms with van der Waals surface area (Å²) < 4.78 is 15.7. The standard InChI is InChI=1S/C19H24FN3/c1-14-10-21-19(17-5-6-17)23(14)13-16-7-8-22(12-16)11-15-3-2-4-18(20)9-15/h2-4,9-10,16-17H,5-8,11-13H2,1H3. The molecule has 23 heavy (non-hydrogen) atoms. The van der Waals surface area contributed by atoms with Crippen LogP contribution in [-0.4, -0.2) is 27.5 Å². The van der Waals surface area contributed by atoms with Crippen LogP contribution in [0.4, 0.5) is 4.39 Å². The van der Waals surface area contributed by atoms with Crippen LogP contribution >= 0.6 is 0 Å². The molecule has 1 aromatic heterocycles. The molecule has 1 atom stereocenters. The van der Waals surface area contributed by atoms with Gasteiger partial charge in [0.25, 0.3) is 0 Å². The molecule has 0 radical (unpaired) electrons. The molecule has 2 heterocycles. The number of hydrogen-bond donors (Lipinski definition) is 0. The predicted octanol–water partition coefficient (Wildman–Crippen LogP) is 3.73. The molecule has 0 bridgehead atoms. The van der Waals surface area contributed by atoms with Gasteiger partial charge in [-0.2, -0.15) is 0 Å². The second-order valence-corrected chi connectivity index (χ2v) is 7.16. The number of halogens is 1. The van der Waals surface area contributed by atoms with E-state index in [2.05, 4.69) is 21.4 Å². The maximum atomic E-state index is 13.3. The van der Waals surface area contributed by atoms with Crippen molar-refractivity contribution >= 4 is 0 Å². The summed E-state index contributed by atoms with van der Waals surface area (Å²) in [5.74, 6) is 2.54. The average molecular weight is 313 g/mol. The van der Waals surface area contributed by atoms with Crippen molar-refractivity contribution in [2.75, 3.05) is 13.1 Å². The van der Waals surface area contributed by atoms with Gasteiger partial charge in [0.15, 0.2) is 0 Å². The molecule has 4 rings (SSSR count). The van der Waals surface area contributed by atoms with Crippen molar-refractivity contribution in [3.05, 3.63) is 53.4 Å². The first-order valence-electron chi connectivity index (χ1n) is 8.68. The monoisotopic (exact) mass is 313 g/mol. The van der Waals surface area contributed by atoms with E-state index in [1.165, 1.54) is 36.8 Å². The fraction of sp³-hybridized carbons (Fsp3) is 0.526. The Morgan fingerprint density at radius 1 is 1.26 bits per heavy atom. The van der Waals surface area contributed by atoms with Crippen LogP contribution in [-0.2, 0) is 13.1 Å². The molecule has 4 heteroatoms. The second kappa shape index (κ2) is 6.08. The first kappa shape index (κ1) is 14.9. The summed E-state index contributed by atoms with van der Waals surface area (Å²) in [6.45, 7) is 6.30. The molecule has 1 saturated carbocycles. The largest absolute Gasteiger partial charge is 0.332 e. The third-order valence-electron chi connectivity index (χ3n) is 5.13. The Hall–Kier alpha value is -1.68. The quantitative estimate of drug-likeness (QED) is 0.838. The summed E-state index contributed by atoms with van der Waals surface area (Å²) in [7, 11) is 0. The van der Waals surface area contributed by atoms with Crippen molar-refractivity contribution in [2.24, 2.45) is 5.92 Å². The zero-order chi connectivity index (χ0) is 15.8. The lowest BCUT2D eigenvalue weighted by atomic mass is 10.1. The van der Waals surface area contributed by atoms with Gasteiger partial charge in [-0.15, -0.1) is 0 Å². The van der Waals surface area contributed by atoms with Gasteiger partial charge in [-0.3, -0.25) is 4.90 Å². The van der Waals surface area contributed by atoms with E-state index in [0.29, 0.717) is 11.8 Å². The Kier molecular flexibility index (Phi) is 3.93. The van der Waals surface area contributed by atoms with Crippen molar-refractivity contribution in [3.8, 4) is 0 Å². The van der Waals surface area contributed by atoms with E-state index in [4.69, 9.17) is 0 Å². The smallest absolute Gasteiger partial charge is 0.123 e. The highest BCUT2D eigenvalue weighted by atomic mass is 19.1. The maximum absolute atomic E-state index is 13.3. The van der Waals surface area contributed by atoms with Crippen molar-refractivity contribution in [1.29, 1.82) is 0 Å². The predicted molar refractivity (Wildman–Crippen MR) is 88.7 cm³/mol. The van der Waals surface area contributed by atoms with Gasteiger partial charge in [0.2, 0.25) is 0 Å². The number of imidazole rings is 1. The maximum Gasteiger partial charge on any atom is 0.123 e. The van der Waals surface area contributed by atoms with Crippen LogP contribution < -0.4 is 0 Å². The minimum atomic E-state index is -0.138. The lowest BCUT2D eigenvalue weighted by Crippen LogP contribution is -2.22. The first-order valence-corrected chi connectivity index (χ1v) is 8.68. The fourth-order valence-electron chi connectivity index (χ4n) is 3.74. The molecular weight excluding hydrogens is 289 g/mol. The van der Waals surface area contributed by atoms with Gasteiger partial charge in [0.1, 0.15) is 11.6 Å². The molecule has 2 aromatic rings. The molecule has 1 saturated heterocycles. The highest BCUT2D eigenvalue weighted by molar-refractivity contribution is 5.16. The van der Waals surface area contributed by atoms with Crippen molar-refractivity contribution < 1.29 is 4.39 Å². The average Bonchev–Trinajstić information content (AvgIpc) is 3.18. The van der Waals surface area contributed by atoms with E-state index in [1.807, 2.05) is 12.3 Å². The van der Waals surface area contributed by atoms with E-state index in [-0.39, 0.29) is 5.82 Å². The number of aromatic nitrogens is 2. The topological polar surface area (TPSA) is 21.1 Å². The Balaban J connectivity index is 1.38. The molecule has 0 spiro atoms. The molecule has 2 aliphatic rings. The van der Waals surface area contributed by atoms with Crippen LogP contribution in [0.15, 0.2) is 30.5 Å². The van der Waals surface area contributed by atoms with Gasteiger partial charge in [-0.25, -0.2) is 9.37 Å². The van der Waals surface area contributed by atoms with Crippen LogP contribution in [0.2, 0.25) is 0 Å². The van der Waals surface area contributed by atoms with Crippen LogP contribution in [0, 0.1) is 18.7 Å². The van der Waals surface area contributed by atoms with Gasteiger partial charge < -0.3 is 4.57 Å². The van der Waals surface area contributed by atoms with Gasteiger partial charge >= 0.3 is 0 Å². The first-order chi connectivity index (χ1) is 11.2. The molecule has 3 nitrogen and oxygen atoms in total. The SMILES string of the molecule is Cc1cnc(C2CC2)n1CC1CCN(Cc2cccc(F)c2)C1. The Labute approximate surface area is 137 Å². The second-order valence-electron chi connectivity index (χ2n) is 7.16. The molecule has 2 fully saturated rings. The van der Waals surface area contributed by atoms with Crippen molar-refractivity contribution in [2.45, 2.75) is 45.2 Å². The number of aryl methyl sites for hydroxylation is 1. The summed E-state index contributed by atoms with van der Waals surface area (Å²) in [4.78, 5) is 7.07. The third kappa shape index (κ3) is 3.32. The Morgan fingerprint density at radius 2 is 2.13 bits per heavy atom. The summed E-state index contributed by atoms with van der Waals surface area (Å²) in [6, 6.07) is 6.98. The Bertz CT molecular complexity index is 690. The molecule has 122 valence electrons. The van der Waals surface area contributed by atoms with E-state index in [9.17, 15) is 4.39 Å². The normalized spacial score (nSPS) is 21.9. The summed E-state index contributed by atoms with van der Waals surface area (Å²) in [6.07, 6.45) is 5.84. The lowest BCUT2D eigenvalue weighted by Gasteiger charge is -2.18. The highest BCUT2D eigenvalue weighted by Gasteiger charge is 2.30. The molecule has 0 N–H and O–H groups in total. The van der Waals surface area contributed by atoms with Crippen LogP contribution in [0.3, 0.4) is 0 Å². The summed E-state index contributed by atoms with van der Waals surface area (Å²) in [5, 5.41) is 0. The summed E-state index contributed by atoms with van der Waals surface area (Å²) >= 11 is 0. The number of nitrogens with zero attached hydrogens (tertiary/aromatic N) is 3. The van der Waals surface area contributed by atoms with E-state index in [0.717, 1.165) is 31.7 Å². The molecule has 1 unspecified atom stereocenters. The van der Waals surface area contributed by atoms with E-state index < -0.39 is 0 Å². The number of rotatable bonds is 5. The van der Waals surface area contributed by atoms with Gasteiger partial charge in [0, 0.05) is 37.4 Å². The van der Waals surface area contributed by atoms with Crippen molar-refractivity contribution in [1.82, 2.24) is 14.5 Å². The van der Waals surface area contributed by atoms with Crippen molar-refractivity contribution in [3.63, 3.8) is 0 Å². The van der Waals surface area contributed by atoms with Gasteiger partial charge in [-0.1, -0.05) is 12.1 Å². The van der Waals surface area contributed by atoms with E-state index in [1.54, 1.807) is 12.1 Å². The lowest BCUT2D eigenvalue weighted by molar-refractivity contribution is 0.307. The fourth-order valence-corrected chi connectivity index (χ4v) is 3.74. The molecule has 1 aromatic carbocycles. The minimum Gasteiger partial charge on any atom is -0.332 e. The van der Waals surface area contributed by atoms with Gasteiger partial charge in [0.05, 0.1) is 0 Å². The summed E-state index contributed by atoms with van der Waals surface area (Å²) in [5.41, 5.74) is 2.36. The highest BCUT2D eigenvalue weighted by Crippen LogP contribution is 2.40. The van der Waals surface area contributed by atoms with Gasteiger partial charge in [-0.05, 0) is 56.3 Å². The molecule has 1 aliphatic carbocycles. The van der Waals surface area contributed by atoms with Crippen LogP contribution in [0.5, 0.6) is 0 Å². The van der Waals surface area contributed by atoms with E-state index >= 15 is 0 Å². The molecular formula is C19H24FN3. The minimum absolute atomic E-state index is 0.138. The number of likely N-dealkylation sites (tertiary alicyclic amines) is 1. The van der Waals surface area contributed by atoms with Crippen LogP contribution in [0.1, 0.15) is 42.3 Å². The third-order valence-corrected chi connectivity index (χ3v) is 5.13.